The minimum atomic E-state index is -1.27. The van der Waals surface area contributed by atoms with Crippen molar-refractivity contribution in [3.63, 3.8) is 0 Å². The van der Waals surface area contributed by atoms with Gasteiger partial charge in [-0.2, -0.15) is 0 Å². The van der Waals surface area contributed by atoms with E-state index in [0.29, 0.717) is 17.7 Å². The van der Waals surface area contributed by atoms with Gasteiger partial charge in [0.15, 0.2) is 0 Å². The van der Waals surface area contributed by atoms with Crippen LogP contribution in [0.15, 0.2) is 42.5 Å². The quantitative estimate of drug-likeness (QED) is 0.892. The average molecular weight is 309 g/mol. The van der Waals surface area contributed by atoms with Gasteiger partial charge in [0.05, 0.1) is 6.10 Å². The SMILES string of the molecule is O=C(NCCC(O)c1ccccc1)c1c(F)cc(F)cc1F. The number of rotatable bonds is 5. The maximum atomic E-state index is 13.4. The van der Waals surface area contributed by atoms with Crippen molar-refractivity contribution >= 4 is 5.91 Å². The minimum Gasteiger partial charge on any atom is -0.388 e. The second kappa shape index (κ2) is 7.09. The predicted molar refractivity (Wildman–Crippen MR) is 74.7 cm³/mol. The van der Waals surface area contributed by atoms with E-state index in [2.05, 4.69) is 5.32 Å². The Balaban J connectivity index is 1.94. The fraction of sp³-hybridized carbons (Fsp3) is 0.188. The summed E-state index contributed by atoms with van der Waals surface area (Å²) in [4.78, 5) is 11.7. The number of nitrogens with one attached hydrogen (secondary N) is 1. The van der Waals surface area contributed by atoms with Crippen LogP contribution in [-0.2, 0) is 0 Å². The Kier molecular flexibility index (Phi) is 5.16. The molecule has 3 nitrogen and oxygen atoms in total. The molecule has 0 aliphatic carbocycles. The Morgan fingerprint density at radius 3 is 2.27 bits per heavy atom. The van der Waals surface area contributed by atoms with E-state index >= 15 is 0 Å². The largest absolute Gasteiger partial charge is 0.388 e. The van der Waals surface area contributed by atoms with Gasteiger partial charge in [-0.3, -0.25) is 4.79 Å². The van der Waals surface area contributed by atoms with E-state index in [-0.39, 0.29) is 13.0 Å². The van der Waals surface area contributed by atoms with Crippen LogP contribution in [-0.4, -0.2) is 17.6 Å². The van der Waals surface area contributed by atoms with E-state index in [1.165, 1.54) is 0 Å². The minimum absolute atomic E-state index is 0.0190. The van der Waals surface area contributed by atoms with Crippen LogP contribution in [0, 0.1) is 17.5 Å². The molecule has 2 aromatic rings. The summed E-state index contributed by atoms with van der Waals surface area (Å²) in [6, 6.07) is 9.67. The van der Waals surface area contributed by atoms with E-state index in [1.807, 2.05) is 0 Å². The van der Waals surface area contributed by atoms with E-state index < -0.39 is 35.0 Å². The highest BCUT2D eigenvalue weighted by molar-refractivity contribution is 5.94. The lowest BCUT2D eigenvalue weighted by Crippen LogP contribution is -2.27. The lowest BCUT2D eigenvalue weighted by atomic mass is 10.1. The lowest BCUT2D eigenvalue weighted by molar-refractivity contribution is 0.0934. The molecule has 0 aliphatic rings. The van der Waals surface area contributed by atoms with Crippen LogP contribution in [0.2, 0.25) is 0 Å². The summed E-state index contributed by atoms with van der Waals surface area (Å²) in [6.45, 7) is 0.0190. The third-order valence-electron chi connectivity index (χ3n) is 3.12. The molecule has 0 heterocycles. The first-order valence-electron chi connectivity index (χ1n) is 6.65. The molecule has 1 amide bonds. The van der Waals surface area contributed by atoms with Crippen molar-refractivity contribution in [2.45, 2.75) is 12.5 Å². The third kappa shape index (κ3) is 3.85. The van der Waals surface area contributed by atoms with E-state index in [1.54, 1.807) is 30.3 Å². The van der Waals surface area contributed by atoms with E-state index in [4.69, 9.17) is 0 Å². The van der Waals surface area contributed by atoms with Gasteiger partial charge in [0.25, 0.3) is 5.91 Å². The molecule has 0 saturated carbocycles. The molecule has 2 N–H and O–H groups in total. The third-order valence-corrected chi connectivity index (χ3v) is 3.12. The van der Waals surface area contributed by atoms with Gasteiger partial charge in [-0.05, 0) is 12.0 Å². The van der Waals surface area contributed by atoms with Crippen LogP contribution >= 0.6 is 0 Å². The number of aliphatic hydroxyl groups is 1. The zero-order valence-corrected chi connectivity index (χ0v) is 11.5. The van der Waals surface area contributed by atoms with Crippen molar-refractivity contribution in [1.82, 2.24) is 5.32 Å². The summed E-state index contributed by atoms with van der Waals surface area (Å²) in [5, 5.41) is 12.2. The van der Waals surface area contributed by atoms with E-state index in [9.17, 15) is 23.1 Å². The lowest BCUT2D eigenvalue weighted by Gasteiger charge is -2.12. The van der Waals surface area contributed by atoms with E-state index in [0.717, 1.165) is 0 Å². The van der Waals surface area contributed by atoms with Crippen molar-refractivity contribution in [1.29, 1.82) is 0 Å². The van der Waals surface area contributed by atoms with Crippen LogP contribution in [0.25, 0.3) is 0 Å². The second-order valence-electron chi connectivity index (χ2n) is 4.72. The van der Waals surface area contributed by atoms with Gasteiger partial charge in [0.2, 0.25) is 0 Å². The Hall–Kier alpha value is -2.34. The maximum Gasteiger partial charge on any atom is 0.257 e. The highest BCUT2D eigenvalue weighted by Crippen LogP contribution is 2.16. The van der Waals surface area contributed by atoms with Gasteiger partial charge in [-0.15, -0.1) is 0 Å². The van der Waals surface area contributed by atoms with Crippen LogP contribution in [0.1, 0.15) is 28.4 Å². The molecule has 0 radical (unpaired) electrons. The molecule has 22 heavy (non-hydrogen) atoms. The van der Waals surface area contributed by atoms with Gasteiger partial charge in [0, 0.05) is 18.7 Å². The molecule has 2 rings (SSSR count). The first-order valence-corrected chi connectivity index (χ1v) is 6.65. The Morgan fingerprint density at radius 2 is 1.68 bits per heavy atom. The monoisotopic (exact) mass is 309 g/mol. The normalized spacial score (nSPS) is 12.0. The van der Waals surface area contributed by atoms with Crippen molar-refractivity contribution in [3.05, 3.63) is 71.0 Å². The van der Waals surface area contributed by atoms with Gasteiger partial charge in [-0.1, -0.05) is 30.3 Å². The number of hydrogen-bond donors (Lipinski definition) is 2. The zero-order valence-electron chi connectivity index (χ0n) is 11.5. The van der Waals surface area contributed by atoms with Gasteiger partial charge in [-0.25, -0.2) is 13.2 Å². The number of benzene rings is 2. The first kappa shape index (κ1) is 16.0. The van der Waals surface area contributed by atoms with Crippen molar-refractivity contribution in [2.24, 2.45) is 0 Å². The summed E-state index contributed by atoms with van der Waals surface area (Å²) in [6.07, 6.45) is -0.621. The molecule has 0 spiro atoms. The smallest absolute Gasteiger partial charge is 0.257 e. The summed E-state index contributed by atoms with van der Waals surface area (Å²) in [5.41, 5.74) is -0.161. The standard InChI is InChI=1S/C16H14F3NO2/c17-11-8-12(18)15(13(19)9-11)16(22)20-7-6-14(21)10-4-2-1-3-5-10/h1-5,8-9,14,21H,6-7H2,(H,20,22). The highest BCUT2D eigenvalue weighted by Gasteiger charge is 2.19. The molecule has 0 saturated heterocycles. The number of amides is 1. The molecule has 0 aliphatic heterocycles. The van der Waals surface area contributed by atoms with Gasteiger partial charge < -0.3 is 10.4 Å². The summed E-state index contributed by atoms with van der Waals surface area (Å²) >= 11 is 0. The summed E-state index contributed by atoms with van der Waals surface area (Å²) in [5.74, 6) is -4.61. The second-order valence-corrected chi connectivity index (χ2v) is 4.72. The highest BCUT2D eigenvalue weighted by atomic mass is 19.1. The summed E-state index contributed by atoms with van der Waals surface area (Å²) < 4.78 is 39.6. The molecule has 1 atom stereocenters. The predicted octanol–water partition coefficient (Wildman–Crippen LogP) is 2.96. The first-order chi connectivity index (χ1) is 10.5. The molecule has 0 aromatic heterocycles. The number of hydrogen-bond acceptors (Lipinski definition) is 2. The molecule has 0 fully saturated rings. The molecular weight excluding hydrogens is 295 g/mol. The fourth-order valence-corrected chi connectivity index (χ4v) is 2.01. The summed E-state index contributed by atoms with van der Waals surface area (Å²) in [7, 11) is 0. The van der Waals surface area contributed by atoms with Crippen LogP contribution in [0.5, 0.6) is 0 Å². The number of carbonyl (C=O) groups excluding carboxylic acids is 1. The van der Waals surface area contributed by atoms with Crippen molar-refractivity contribution in [3.8, 4) is 0 Å². The topological polar surface area (TPSA) is 49.3 Å². The Bertz CT molecular complexity index is 639. The number of carbonyl (C=O) groups is 1. The van der Waals surface area contributed by atoms with Gasteiger partial charge >= 0.3 is 0 Å². The number of aliphatic hydroxyl groups excluding tert-OH is 1. The fourth-order valence-electron chi connectivity index (χ4n) is 2.01. The number of halogens is 3. The van der Waals surface area contributed by atoms with Gasteiger partial charge in [0.1, 0.15) is 23.0 Å². The average Bonchev–Trinajstić information content (AvgIpc) is 2.47. The molecule has 2 aromatic carbocycles. The molecule has 1 unspecified atom stereocenters. The molecular formula is C16H14F3NO2. The zero-order chi connectivity index (χ0) is 16.1. The van der Waals surface area contributed by atoms with Crippen LogP contribution in [0.4, 0.5) is 13.2 Å². The Morgan fingerprint density at radius 1 is 1.09 bits per heavy atom. The molecule has 0 bridgehead atoms. The Labute approximate surface area is 125 Å². The van der Waals surface area contributed by atoms with Crippen LogP contribution in [0.3, 0.4) is 0 Å². The van der Waals surface area contributed by atoms with Crippen molar-refractivity contribution < 1.29 is 23.1 Å². The van der Waals surface area contributed by atoms with Crippen molar-refractivity contribution in [2.75, 3.05) is 6.54 Å². The maximum absolute atomic E-state index is 13.4. The molecule has 6 heteroatoms. The van der Waals surface area contributed by atoms with Crippen LogP contribution < -0.4 is 5.32 Å². The molecule has 116 valence electrons.